The molecule has 0 saturated carbocycles. The van der Waals surface area contributed by atoms with Gasteiger partial charge in [0, 0.05) is 13.1 Å². The number of nitrogens with one attached hydrogen (secondary N) is 2. The number of hydrogen-bond donors (Lipinski definition) is 2. The summed E-state index contributed by atoms with van der Waals surface area (Å²) in [6.45, 7) is 24.8. The minimum Gasteiger partial charge on any atom is -0.319 e. The Balaban J connectivity index is 5.19. The molecule has 0 radical (unpaired) electrons. The third-order valence-electron chi connectivity index (χ3n) is 4.97. The van der Waals surface area contributed by atoms with Crippen molar-refractivity contribution in [1.82, 2.24) is 15.5 Å². The molecule has 0 aliphatic heterocycles. The maximum atomic E-state index is 11.9. The van der Waals surface area contributed by atoms with E-state index in [1.54, 1.807) is 6.92 Å². The molecule has 27 heavy (non-hydrogen) atoms. The predicted octanol–water partition coefficient (Wildman–Crippen LogP) is 4.20. The van der Waals surface area contributed by atoms with Crippen molar-refractivity contribution in [3.63, 3.8) is 0 Å². The van der Waals surface area contributed by atoms with Gasteiger partial charge in [-0.15, -0.1) is 0 Å². The first-order valence-electron chi connectivity index (χ1n) is 10.5. The Kier molecular flexibility index (Phi) is 10.2. The summed E-state index contributed by atoms with van der Waals surface area (Å²) in [7, 11) is 4.04. The van der Waals surface area contributed by atoms with E-state index < -0.39 is 0 Å². The number of carbonyl (C=O) groups is 1. The smallest absolute Gasteiger partial charge is 0.143 e. The van der Waals surface area contributed by atoms with Gasteiger partial charge < -0.3 is 10.6 Å². The quantitative estimate of drug-likeness (QED) is 0.472. The fourth-order valence-electron chi connectivity index (χ4n) is 5.48. The molecule has 2 N–H and O–H groups in total. The third kappa shape index (κ3) is 12.6. The fourth-order valence-corrected chi connectivity index (χ4v) is 5.48. The molecule has 0 unspecified atom stereocenters. The average molecular weight is 384 g/mol. The molecule has 0 aromatic carbocycles. The van der Waals surface area contributed by atoms with Crippen LogP contribution in [0.15, 0.2) is 0 Å². The van der Waals surface area contributed by atoms with Crippen LogP contribution >= 0.6 is 0 Å². The topological polar surface area (TPSA) is 44.4 Å². The lowest BCUT2D eigenvalue weighted by Crippen LogP contribution is -2.45. The Hall–Kier alpha value is -0.450. The van der Waals surface area contributed by atoms with Crippen LogP contribution in [0.2, 0.25) is 0 Å². The SMILES string of the molecule is CNCC(C)(C)CC(C)(C)CN(CC(C)=O)CC(C)(C)CC(C)(C)CNC. The van der Waals surface area contributed by atoms with Crippen LogP contribution in [0.25, 0.3) is 0 Å². The van der Waals surface area contributed by atoms with E-state index in [9.17, 15) is 4.79 Å². The molecule has 0 aliphatic carbocycles. The lowest BCUT2D eigenvalue weighted by Gasteiger charge is -2.42. The zero-order valence-electron chi connectivity index (χ0n) is 20.3. The average Bonchev–Trinajstić information content (AvgIpc) is 2.31. The van der Waals surface area contributed by atoms with Crippen LogP contribution in [0.5, 0.6) is 0 Å². The molecule has 0 aromatic heterocycles. The molecule has 0 aromatic rings. The lowest BCUT2D eigenvalue weighted by molar-refractivity contribution is -0.118. The van der Waals surface area contributed by atoms with E-state index in [0.717, 1.165) is 39.0 Å². The summed E-state index contributed by atoms with van der Waals surface area (Å²) in [5.41, 5.74) is 0.799. The zero-order chi connectivity index (χ0) is 21.5. The first kappa shape index (κ1) is 26.6. The van der Waals surface area contributed by atoms with Gasteiger partial charge in [-0.2, -0.15) is 0 Å². The predicted molar refractivity (Wildman–Crippen MR) is 119 cm³/mol. The summed E-state index contributed by atoms with van der Waals surface area (Å²) < 4.78 is 0. The molecule has 0 rings (SSSR count). The molecule has 0 bridgehead atoms. The second-order valence-electron chi connectivity index (χ2n) is 11.9. The second kappa shape index (κ2) is 10.4. The van der Waals surface area contributed by atoms with Crippen molar-refractivity contribution in [2.24, 2.45) is 21.7 Å². The van der Waals surface area contributed by atoms with Gasteiger partial charge in [0.25, 0.3) is 0 Å². The Bertz CT molecular complexity index is 419. The zero-order valence-corrected chi connectivity index (χ0v) is 20.3. The van der Waals surface area contributed by atoms with E-state index in [-0.39, 0.29) is 27.4 Å². The monoisotopic (exact) mass is 383 g/mol. The van der Waals surface area contributed by atoms with E-state index in [1.165, 1.54) is 0 Å². The molecule has 0 heterocycles. The van der Waals surface area contributed by atoms with Crippen LogP contribution in [-0.2, 0) is 4.79 Å². The second-order valence-corrected chi connectivity index (χ2v) is 11.9. The number of Topliss-reactive ketones (excluding diaryl/α,β-unsaturated/α-hetero) is 1. The van der Waals surface area contributed by atoms with Gasteiger partial charge in [0.2, 0.25) is 0 Å². The van der Waals surface area contributed by atoms with Crippen LogP contribution in [0, 0.1) is 21.7 Å². The van der Waals surface area contributed by atoms with Crippen LogP contribution < -0.4 is 10.6 Å². The largest absolute Gasteiger partial charge is 0.319 e. The van der Waals surface area contributed by atoms with Crippen LogP contribution in [0.4, 0.5) is 0 Å². The first-order valence-corrected chi connectivity index (χ1v) is 10.5. The molecule has 0 saturated heterocycles. The summed E-state index contributed by atoms with van der Waals surface area (Å²) >= 11 is 0. The van der Waals surface area contributed by atoms with E-state index in [4.69, 9.17) is 0 Å². The normalized spacial score (nSPS) is 14.1. The Morgan fingerprint density at radius 2 is 1.04 bits per heavy atom. The molecule has 4 nitrogen and oxygen atoms in total. The van der Waals surface area contributed by atoms with Crippen molar-refractivity contribution in [3.8, 4) is 0 Å². The minimum absolute atomic E-state index is 0.159. The summed E-state index contributed by atoms with van der Waals surface area (Å²) in [5, 5.41) is 6.64. The highest BCUT2D eigenvalue weighted by Crippen LogP contribution is 2.37. The van der Waals surface area contributed by atoms with Crippen LogP contribution in [0.1, 0.15) is 75.2 Å². The van der Waals surface area contributed by atoms with Gasteiger partial charge in [0.1, 0.15) is 5.78 Å². The molecule has 0 amide bonds. The molecule has 0 aliphatic rings. The summed E-state index contributed by atoms with van der Waals surface area (Å²) in [5.74, 6) is 0.255. The van der Waals surface area contributed by atoms with Gasteiger partial charge in [0.15, 0.2) is 0 Å². The van der Waals surface area contributed by atoms with Gasteiger partial charge in [-0.25, -0.2) is 0 Å². The minimum atomic E-state index is 0.159. The lowest BCUT2D eigenvalue weighted by atomic mass is 9.73. The van der Waals surface area contributed by atoms with E-state index >= 15 is 0 Å². The molecule has 0 atom stereocenters. The Labute approximate surface area is 170 Å². The highest BCUT2D eigenvalue weighted by atomic mass is 16.1. The maximum absolute atomic E-state index is 11.9. The third-order valence-corrected chi connectivity index (χ3v) is 4.97. The van der Waals surface area contributed by atoms with Crippen molar-refractivity contribution >= 4 is 5.78 Å². The number of ketones is 1. The Morgan fingerprint density at radius 3 is 1.30 bits per heavy atom. The van der Waals surface area contributed by atoms with Crippen LogP contribution in [0.3, 0.4) is 0 Å². The summed E-state index contributed by atoms with van der Waals surface area (Å²) in [6.07, 6.45) is 2.25. The van der Waals surface area contributed by atoms with E-state index in [1.807, 2.05) is 14.1 Å². The number of carbonyl (C=O) groups excluding carboxylic acids is 1. The van der Waals surface area contributed by atoms with Crippen LogP contribution in [-0.4, -0.2) is 57.5 Å². The highest BCUT2D eigenvalue weighted by Gasteiger charge is 2.34. The van der Waals surface area contributed by atoms with Gasteiger partial charge in [-0.1, -0.05) is 55.4 Å². The molecule has 4 heteroatoms. The highest BCUT2D eigenvalue weighted by molar-refractivity contribution is 5.77. The number of hydrogen-bond acceptors (Lipinski definition) is 4. The first-order chi connectivity index (χ1) is 12.0. The van der Waals surface area contributed by atoms with Crippen molar-refractivity contribution < 1.29 is 4.79 Å². The van der Waals surface area contributed by atoms with Crippen molar-refractivity contribution in [2.45, 2.75) is 75.2 Å². The van der Waals surface area contributed by atoms with Gasteiger partial charge in [-0.05, 0) is 68.6 Å². The molecule has 162 valence electrons. The Morgan fingerprint density at radius 1 is 0.704 bits per heavy atom. The van der Waals surface area contributed by atoms with Crippen molar-refractivity contribution in [3.05, 3.63) is 0 Å². The maximum Gasteiger partial charge on any atom is 0.143 e. The summed E-state index contributed by atoms with van der Waals surface area (Å²) in [4.78, 5) is 14.3. The molecule has 0 fully saturated rings. The fraction of sp³-hybridized carbons (Fsp3) is 0.957. The van der Waals surface area contributed by atoms with Gasteiger partial charge in [0.05, 0.1) is 6.54 Å². The molecule has 0 spiro atoms. The molecular formula is C23H49N3O. The summed E-state index contributed by atoms with van der Waals surface area (Å²) in [6, 6.07) is 0. The number of nitrogens with zero attached hydrogens (tertiary/aromatic N) is 1. The standard InChI is InChI=1S/C23H49N3O/c1-19(27)12-26(17-22(6,7)13-20(2,3)15-24-10)18-23(8,9)14-21(4,5)16-25-11/h24-25H,12-18H2,1-11H3. The molecular weight excluding hydrogens is 334 g/mol. The van der Waals surface area contributed by atoms with E-state index in [0.29, 0.717) is 6.54 Å². The van der Waals surface area contributed by atoms with Gasteiger partial charge >= 0.3 is 0 Å². The van der Waals surface area contributed by atoms with E-state index in [2.05, 4.69) is 70.9 Å². The van der Waals surface area contributed by atoms with Crippen molar-refractivity contribution in [2.75, 3.05) is 46.8 Å². The number of rotatable bonds is 14. The van der Waals surface area contributed by atoms with Crippen molar-refractivity contribution in [1.29, 1.82) is 0 Å². The van der Waals surface area contributed by atoms with Gasteiger partial charge in [-0.3, -0.25) is 9.69 Å².